The van der Waals surface area contributed by atoms with Crippen LogP contribution in [-0.4, -0.2) is 35.3 Å². The molecule has 0 saturated heterocycles. The molecular formula is C25H27N3O2S. The summed E-state index contributed by atoms with van der Waals surface area (Å²) in [7, 11) is 1.63. The van der Waals surface area contributed by atoms with Crippen molar-refractivity contribution in [2.45, 2.75) is 37.6 Å². The number of nitrogens with one attached hydrogen (secondary N) is 1. The van der Waals surface area contributed by atoms with Gasteiger partial charge >= 0.3 is 0 Å². The lowest BCUT2D eigenvalue weighted by Crippen LogP contribution is -2.35. The van der Waals surface area contributed by atoms with E-state index in [1.165, 1.54) is 22.2 Å². The van der Waals surface area contributed by atoms with E-state index < -0.39 is 0 Å². The van der Waals surface area contributed by atoms with Crippen molar-refractivity contribution in [3.8, 4) is 0 Å². The molecule has 2 amide bonds. The molecule has 160 valence electrons. The van der Waals surface area contributed by atoms with Gasteiger partial charge < -0.3 is 10.2 Å². The minimum Gasteiger partial charge on any atom is -0.332 e. The summed E-state index contributed by atoms with van der Waals surface area (Å²) < 4.78 is 0. The molecule has 0 aliphatic rings. The number of aromatic nitrogens is 1. The van der Waals surface area contributed by atoms with Crippen LogP contribution in [0.25, 0.3) is 0 Å². The maximum atomic E-state index is 13.1. The third-order valence-electron chi connectivity index (χ3n) is 5.01. The van der Waals surface area contributed by atoms with Crippen LogP contribution in [0.2, 0.25) is 0 Å². The topological polar surface area (TPSA) is 62.3 Å². The number of hydrogen-bond donors (Lipinski definition) is 1. The number of amides is 2. The Morgan fingerprint density at radius 1 is 0.968 bits per heavy atom. The van der Waals surface area contributed by atoms with Crippen LogP contribution in [-0.2, 0) is 4.79 Å². The highest BCUT2D eigenvalue weighted by Crippen LogP contribution is 2.32. The van der Waals surface area contributed by atoms with Crippen LogP contribution in [0.15, 0.2) is 64.6 Å². The molecule has 0 saturated carbocycles. The van der Waals surface area contributed by atoms with Gasteiger partial charge in [0.05, 0.1) is 12.1 Å². The van der Waals surface area contributed by atoms with Crippen molar-refractivity contribution in [1.29, 1.82) is 0 Å². The molecule has 0 aliphatic heterocycles. The summed E-state index contributed by atoms with van der Waals surface area (Å²) in [5.41, 5.74) is 5.57. The predicted molar refractivity (Wildman–Crippen MR) is 126 cm³/mol. The maximum Gasteiger partial charge on any atom is 0.256 e. The van der Waals surface area contributed by atoms with Gasteiger partial charge in [0.2, 0.25) is 5.91 Å². The second kappa shape index (κ2) is 9.79. The Morgan fingerprint density at radius 2 is 1.68 bits per heavy atom. The average Bonchev–Trinajstić information content (AvgIpc) is 2.72. The molecule has 0 spiro atoms. The summed E-state index contributed by atoms with van der Waals surface area (Å²) in [6, 6.07) is 15.5. The van der Waals surface area contributed by atoms with Crippen molar-refractivity contribution in [3.05, 3.63) is 82.5 Å². The van der Waals surface area contributed by atoms with E-state index in [1.807, 2.05) is 51.1 Å². The first-order valence-corrected chi connectivity index (χ1v) is 10.9. The first-order valence-electron chi connectivity index (χ1n) is 10.1. The lowest BCUT2D eigenvalue weighted by atomic mass is 10.1. The molecule has 1 heterocycles. The number of carbonyl (C=O) groups excluding carboxylic acids is 2. The summed E-state index contributed by atoms with van der Waals surface area (Å²) in [5.74, 6) is -0.474. The normalized spacial score (nSPS) is 10.6. The number of rotatable bonds is 6. The van der Waals surface area contributed by atoms with Gasteiger partial charge in [-0.05, 0) is 62.6 Å². The van der Waals surface area contributed by atoms with Gasteiger partial charge in [-0.1, -0.05) is 47.7 Å². The molecule has 0 fully saturated rings. The lowest BCUT2D eigenvalue weighted by Gasteiger charge is -2.19. The molecule has 1 aromatic heterocycles. The molecule has 5 nitrogen and oxygen atoms in total. The number of anilines is 1. The van der Waals surface area contributed by atoms with Crippen molar-refractivity contribution in [1.82, 2.24) is 9.88 Å². The number of benzene rings is 2. The molecule has 31 heavy (non-hydrogen) atoms. The Balaban J connectivity index is 1.74. The van der Waals surface area contributed by atoms with Gasteiger partial charge in [-0.15, -0.1) is 0 Å². The molecule has 0 unspecified atom stereocenters. The molecule has 3 rings (SSSR count). The van der Waals surface area contributed by atoms with E-state index in [4.69, 9.17) is 0 Å². The number of pyridine rings is 1. The molecule has 1 N–H and O–H groups in total. The summed E-state index contributed by atoms with van der Waals surface area (Å²) in [6.45, 7) is 7.95. The van der Waals surface area contributed by atoms with Crippen LogP contribution in [0, 0.1) is 27.7 Å². The summed E-state index contributed by atoms with van der Waals surface area (Å²) in [4.78, 5) is 32.6. The number of para-hydroxylation sites is 1. The fraction of sp³-hybridized carbons (Fsp3) is 0.240. The standard InChI is InChI=1S/C25H27N3O2S/c1-16-11-12-21(19(4)14-16)31-24-20(10-7-13-26-24)25(30)28(5)15-22(29)27-23-17(2)8-6-9-18(23)3/h6-14H,15H2,1-5H3,(H,27,29). The Kier molecular flexibility index (Phi) is 7.13. The summed E-state index contributed by atoms with van der Waals surface area (Å²) in [6.07, 6.45) is 1.68. The fourth-order valence-corrected chi connectivity index (χ4v) is 4.28. The fourth-order valence-electron chi connectivity index (χ4n) is 3.34. The van der Waals surface area contributed by atoms with Gasteiger partial charge in [0.25, 0.3) is 5.91 Å². The number of carbonyl (C=O) groups is 2. The number of nitrogens with zero attached hydrogens (tertiary/aromatic N) is 2. The SMILES string of the molecule is Cc1ccc(Sc2ncccc2C(=O)N(C)CC(=O)Nc2c(C)cccc2C)c(C)c1. The minimum atomic E-state index is -0.239. The van der Waals surface area contributed by atoms with Gasteiger partial charge in [0.15, 0.2) is 0 Å². The predicted octanol–water partition coefficient (Wildman–Crippen LogP) is 5.18. The van der Waals surface area contributed by atoms with Crippen molar-refractivity contribution in [2.24, 2.45) is 0 Å². The highest BCUT2D eigenvalue weighted by Gasteiger charge is 2.20. The second-order valence-electron chi connectivity index (χ2n) is 7.70. The molecule has 2 aromatic carbocycles. The van der Waals surface area contributed by atoms with Gasteiger partial charge in [0.1, 0.15) is 5.03 Å². The Labute approximate surface area is 187 Å². The van der Waals surface area contributed by atoms with E-state index in [0.29, 0.717) is 10.6 Å². The van der Waals surface area contributed by atoms with Gasteiger partial charge in [-0.25, -0.2) is 4.98 Å². The zero-order chi connectivity index (χ0) is 22.5. The van der Waals surface area contributed by atoms with Crippen molar-refractivity contribution in [3.63, 3.8) is 0 Å². The van der Waals surface area contributed by atoms with Crippen molar-refractivity contribution in [2.75, 3.05) is 18.9 Å². The van der Waals surface area contributed by atoms with E-state index in [0.717, 1.165) is 27.3 Å². The molecular weight excluding hydrogens is 406 g/mol. The van der Waals surface area contributed by atoms with Gasteiger partial charge in [-0.2, -0.15) is 0 Å². The molecule has 0 atom stereocenters. The molecule has 0 aliphatic carbocycles. The van der Waals surface area contributed by atoms with Crippen LogP contribution in [0.4, 0.5) is 5.69 Å². The van der Waals surface area contributed by atoms with E-state index in [2.05, 4.69) is 23.3 Å². The average molecular weight is 434 g/mol. The lowest BCUT2D eigenvalue weighted by molar-refractivity contribution is -0.116. The Bertz CT molecular complexity index is 1110. The second-order valence-corrected chi connectivity index (χ2v) is 8.73. The summed E-state index contributed by atoms with van der Waals surface area (Å²) in [5, 5.41) is 3.56. The Morgan fingerprint density at radius 3 is 2.35 bits per heavy atom. The third-order valence-corrected chi connectivity index (χ3v) is 6.21. The first-order chi connectivity index (χ1) is 14.8. The number of hydrogen-bond acceptors (Lipinski definition) is 4. The van der Waals surface area contributed by atoms with Crippen LogP contribution >= 0.6 is 11.8 Å². The van der Waals surface area contributed by atoms with E-state index >= 15 is 0 Å². The zero-order valence-corrected chi connectivity index (χ0v) is 19.3. The van der Waals surface area contributed by atoms with Crippen LogP contribution < -0.4 is 5.32 Å². The monoisotopic (exact) mass is 433 g/mol. The molecule has 0 radical (unpaired) electrons. The number of likely N-dealkylation sites (N-methyl/N-ethyl adjacent to an activating group) is 1. The largest absolute Gasteiger partial charge is 0.332 e. The van der Waals surface area contributed by atoms with Crippen molar-refractivity contribution < 1.29 is 9.59 Å². The van der Waals surface area contributed by atoms with E-state index in [-0.39, 0.29) is 18.4 Å². The van der Waals surface area contributed by atoms with Gasteiger partial charge in [0, 0.05) is 23.8 Å². The molecule has 3 aromatic rings. The first kappa shape index (κ1) is 22.6. The van der Waals surface area contributed by atoms with Crippen LogP contribution in [0.5, 0.6) is 0 Å². The zero-order valence-electron chi connectivity index (χ0n) is 18.5. The smallest absolute Gasteiger partial charge is 0.256 e. The van der Waals surface area contributed by atoms with Crippen molar-refractivity contribution >= 4 is 29.3 Å². The maximum absolute atomic E-state index is 13.1. The third kappa shape index (κ3) is 5.52. The van der Waals surface area contributed by atoms with Gasteiger partial charge in [-0.3, -0.25) is 9.59 Å². The highest BCUT2D eigenvalue weighted by atomic mass is 32.2. The van der Waals surface area contributed by atoms with E-state index in [1.54, 1.807) is 25.4 Å². The van der Waals surface area contributed by atoms with Crippen LogP contribution in [0.1, 0.15) is 32.6 Å². The molecule has 0 bridgehead atoms. The minimum absolute atomic E-state index is 0.0465. The van der Waals surface area contributed by atoms with Crippen LogP contribution in [0.3, 0.4) is 0 Å². The highest BCUT2D eigenvalue weighted by molar-refractivity contribution is 7.99. The number of aryl methyl sites for hydroxylation is 4. The Hall–Kier alpha value is -3.12. The van der Waals surface area contributed by atoms with E-state index in [9.17, 15) is 9.59 Å². The molecule has 6 heteroatoms. The quantitative estimate of drug-likeness (QED) is 0.582. The summed E-state index contributed by atoms with van der Waals surface area (Å²) >= 11 is 1.46.